The van der Waals surface area contributed by atoms with Gasteiger partial charge in [0.25, 0.3) is 5.91 Å². The highest BCUT2D eigenvalue weighted by Gasteiger charge is 2.13. The molecule has 3 aromatic rings. The molecule has 2 aromatic carbocycles. The number of carbonyl (C=O) groups is 1. The van der Waals surface area contributed by atoms with Crippen molar-refractivity contribution < 1.29 is 13.6 Å². The first kappa shape index (κ1) is 18.7. The smallest absolute Gasteiger partial charge is 0.266 e. The molecule has 1 N–H and O–H groups in total. The molecule has 1 heterocycles. The van der Waals surface area contributed by atoms with Gasteiger partial charge in [0, 0.05) is 16.7 Å². The Morgan fingerprint density at radius 1 is 1.15 bits per heavy atom. The highest BCUT2D eigenvalue weighted by Crippen LogP contribution is 2.27. The lowest BCUT2D eigenvalue weighted by molar-refractivity contribution is -0.112. The van der Waals surface area contributed by atoms with Crippen LogP contribution in [-0.2, 0) is 4.79 Å². The lowest BCUT2D eigenvalue weighted by Gasteiger charge is -2.06. The second-order valence-corrected chi connectivity index (χ2v) is 6.30. The van der Waals surface area contributed by atoms with Crippen LogP contribution in [0.5, 0.6) is 0 Å². The van der Waals surface area contributed by atoms with Gasteiger partial charge in [0.05, 0.1) is 10.7 Å². The van der Waals surface area contributed by atoms with Crippen LogP contribution >= 0.6 is 23.2 Å². The summed E-state index contributed by atoms with van der Waals surface area (Å²) in [4.78, 5) is 12.3. The van der Waals surface area contributed by atoms with Gasteiger partial charge in [-0.15, -0.1) is 0 Å². The fourth-order valence-electron chi connectivity index (χ4n) is 2.30. The van der Waals surface area contributed by atoms with Gasteiger partial charge in [0.15, 0.2) is 0 Å². The molecule has 0 aliphatic rings. The maximum Gasteiger partial charge on any atom is 0.266 e. The molecule has 3 rings (SSSR count). The summed E-state index contributed by atoms with van der Waals surface area (Å²) in [5, 5.41) is 12.5. The van der Waals surface area contributed by atoms with Gasteiger partial charge in [-0.3, -0.25) is 4.79 Å². The Hall–Kier alpha value is -3.07. The number of anilines is 1. The Kier molecular flexibility index (Phi) is 5.60. The van der Waals surface area contributed by atoms with E-state index < -0.39 is 11.7 Å². The molecule has 0 radical (unpaired) electrons. The molecule has 134 valence electrons. The summed E-state index contributed by atoms with van der Waals surface area (Å²) < 4.78 is 18.9. The summed E-state index contributed by atoms with van der Waals surface area (Å²) in [6.07, 6.45) is 1.29. The number of halogens is 3. The Bertz CT molecular complexity index is 1080. The van der Waals surface area contributed by atoms with Crippen LogP contribution in [0.15, 0.2) is 64.6 Å². The predicted octanol–water partition coefficient (Wildman–Crippen LogP) is 5.94. The van der Waals surface area contributed by atoms with E-state index in [2.05, 4.69) is 5.32 Å². The van der Waals surface area contributed by atoms with E-state index in [-0.39, 0.29) is 22.0 Å². The van der Waals surface area contributed by atoms with Crippen molar-refractivity contribution >= 4 is 40.9 Å². The molecule has 0 atom stereocenters. The number of amides is 1. The number of hydrogen-bond donors (Lipinski definition) is 1. The summed E-state index contributed by atoms with van der Waals surface area (Å²) >= 11 is 11.9. The fourth-order valence-corrected chi connectivity index (χ4v) is 2.64. The van der Waals surface area contributed by atoms with E-state index in [1.54, 1.807) is 30.3 Å². The van der Waals surface area contributed by atoms with E-state index in [9.17, 15) is 14.4 Å². The third-order valence-corrected chi connectivity index (χ3v) is 4.13. The molecule has 4 nitrogen and oxygen atoms in total. The van der Waals surface area contributed by atoms with Crippen LogP contribution in [0.3, 0.4) is 0 Å². The minimum Gasteiger partial charge on any atom is -0.457 e. The van der Waals surface area contributed by atoms with Crippen LogP contribution in [0.2, 0.25) is 10.0 Å². The number of furan rings is 1. The SMILES string of the molecule is N#C/C(=C\c1ccc(-c2cccc(F)c2)o1)C(=O)Nc1cc(Cl)ccc1Cl. The molecular formula is C20H11Cl2FN2O2. The van der Waals surface area contributed by atoms with E-state index in [0.717, 1.165) is 0 Å². The third kappa shape index (κ3) is 4.56. The zero-order valence-corrected chi connectivity index (χ0v) is 15.2. The molecule has 1 aromatic heterocycles. The Morgan fingerprint density at radius 2 is 1.96 bits per heavy atom. The van der Waals surface area contributed by atoms with Crippen molar-refractivity contribution in [3.8, 4) is 17.4 Å². The van der Waals surface area contributed by atoms with E-state index in [1.807, 2.05) is 6.07 Å². The lowest BCUT2D eigenvalue weighted by Crippen LogP contribution is -2.13. The quantitative estimate of drug-likeness (QED) is 0.435. The van der Waals surface area contributed by atoms with Crippen molar-refractivity contribution in [1.82, 2.24) is 0 Å². The summed E-state index contributed by atoms with van der Waals surface area (Å²) in [7, 11) is 0. The zero-order valence-electron chi connectivity index (χ0n) is 13.7. The molecule has 0 aliphatic heterocycles. The minimum atomic E-state index is -0.662. The average molecular weight is 401 g/mol. The molecule has 0 spiro atoms. The average Bonchev–Trinajstić information content (AvgIpc) is 3.11. The van der Waals surface area contributed by atoms with Gasteiger partial charge < -0.3 is 9.73 Å². The Balaban J connectivity index is 1.83. The first-order valence-electron chi connectivity index (χ1n) is 7.70. The number of rotatable bonds is 4. The molecule has 7 heteroatoms. The fraction of sp³-hybridized carbons (Fsp3) is 0. The number of hydrogen-bond acceptors (Lipinski definition) is 3. The van der Waals surface area contributed by atoms with Crippen LogP contribution < -0.4 is 5.32 Å². The van der Waals surface area contributed by atoms with Gasteiger partial charge in [0.2, 0.25) is 0 Å². The molecule has 0 fully saturated rings. The maximum absolute atomic E-state index is 13.3. The van der Waals surface area contributed by atoms with Gasteiger partial charge in [0.1, 0.15) is 29.0 Å². The summed E-state index contributed by atoms with van der Waals surface area (Å²) in [5.74, 6) is -0.364. The van der Waals surface area contributed by atoms with Gasteiger partial charge in [-0.1, -0.05) is 35.3 Å². The highest BCUT2D eigenvalue weighted by molar-refractivity contribution is 6.36. The Labute approximate surface area is 164 Å². The van der Waals surface area contributed by atoms with Crippen LogP contribution in [0.25, 0.3) is 17.4 Å². The maximum atomic E-state index is 13.3. The summed E-state index contributed by atoms with van der Waals surface area (Å²) in [6, 6.07) is 15.5. The molecule has 0 aliphatic carbocycles. The second-order valence-electron chi connectivity index (χ2n) is 5.46. The number of nitrogens with zero attached hydrogens (tertiary/aromatic N) is 1. The first-order chi connectivity index (χ1) is 13.0. The number of carbonyl (C=O) groups excluding carboxylic acids is 1. The van der Waals surface area contributed by atoms with E-state index >= 15 is 0 Å². The molecular weight excluding hydrogens is 390 g/mol. The standard InChI is InChI=1S/C20H11Cl2FN2O2/c21-14-4-6-17(22)18(10-14)25-20(26)13(11-24)9-16-5-7-19(27-16)12-2-1-3-15(23)8-12/h1-10H,(H,25,26)/b13-9+. The van der Waals surface area contributed by atoms with Gasteiger partial charge >= 0.3 is 0 Å². The summed E-state index contributed by atoms with van der Waals surface area (Å²) in [6.45, 7) is 0. The van der Waals surface area contributed by atoms with Crippen LogP contribution in [0, 0.1) is 17.1 Å². The third-order valence-electron chi connectivity index (χ3n) is 3.56. The van der Waals surface area contributed by atoms with Crippen molar-refractivity contribution in [2.24, 2.45) is 0 Å². The number of nitriles is 1. The minimum absolute atomic E-state index is 0.189. The normalized spacial score (nSPS) is 11.1. The molecule has 1 amide bonds. The molecule has 0 bridgehead atoms. The zero-order chi connectivity index (χ0) is 19.4. The van der Waals surface area contributed by atoms with Crippen molar-refractivity contribution in [3.05, 3.63) is 81.8 Å². The largest absolute Gasteiger partial charge is 0.457 e. The molecule has 0 unspecified atom stereocenters. The van der Waals surface area contributed by atoms with Gasteiger partial charge in [-0.25, -0.2) is 4.39 Å². The van der Waals surface area contributed by atoms with Gasteiger partial charge in [-0.05, 0) is 42.5 Å². The van der Waals surface area contributed by atoms with E-state index in [0.29, 0.717) is 16.3 Å². The van der Waals surface area contributed by atoms with Crippen molar-refractivity contribution in [3.63, 3.8) is 0 Å². The molecule has 0 saturated heterocycles. The molecule has 0 saturated carbocycles. The van der Waals surface area contributed by atoms with Crippen LogP contribution in [-0.4, -0.2) is 5.91 Å². The number of nitrogens with one attached hydrogen (secondary N) is 1. The summed E-state index contributed by atoms with van der Waals surface area (Å²) in [5.41, 5.74) is 0.643. The second kappa shape index (κ2) is 8.09. The van der Waals surface area contributed by atoms with Crippen LogP contribution in [0.4, 0.5) is 10.1 Å². The van der Waals surface area contributed by atoms with Crippen LogP contribution in [0.1, 0.15) is 5.76 Å². The monoisotopic (exact) mass is 400 g/mol. The highest BCUT2D eigenvalue weighted by atomic mass is 35.5. The molecule has 27 heavy (non-hydrogen) atoms. The Morgan fingerprint density at radius 3 is 2.70 bits per heavy atom. The lowest BCUT2D eigenvalue weighted by atomic mass is 10.2. The first-order valence-corrected chi connectivity index (χ1v) is 8.46. The van der Waals surface area contributed by atoms with Crippen molar-refractivity contribution in [1.29, 1.82) is 5.26 Å². The van der Waals surface area contributed by atoms with Crippen molar-refractivity contribution in [2.75, 3.05) is 5.32 Å². The van der Waals surface area contributed by atoms with Crippen molar-refractivity contribution in [2.45, 2.75) is 0 Å². The topological polar surface area (TPSA) is 66.0 Å². The van der Waals surface area contributed by atoms with Gasteiger partial charge in [-0.2, -0.15) is 5.26 Å². The van der Waals surface area contributed by atoms with E-state index in [1.165, 1.54) is 30.3 Å². The van der Waals surface area contributed by atoms with E-state index in [4.69, 9.17) is 27.6 Å². The predicted molar refractivity (Wildman–Crippen MR) is 103 cm³/mol. The number of benzene rings is 2.